The zero-order valence-corrected chi connectivity index (χ0v) is 10.5. The van der Waals surface area contributed by atoms with E-state index >= 15 is 0 Å². The second-order valence-corrected chi connectivity index (χ2v) is 5.29. The highest BCUT2D eigenvalue weighted by molar-refractivity contribution is 5.69. The van der Waals surface area contributed by atoms with Gasteiger partial charge in [-0.2, -0.15) is 5.26 Å². The lowest BCUT2D eigenvalue weighted by Crippen LogP contribution is -2.53. The fourth-order valence-electron chi connectivity index (χ4n) is 1.77. The van der Waals surface area contributed by atoms with Crippen molar-refractivity contribution in [3.05, 3.63) is 0 Å². The van der Waals surface area contributed by atoms with E-state index in [1.807, 2.05) is 27.7 Å². The van der Waals surface area contributed by atoms with Crippen molar-refractivity contribution < 1.29 is 9.53 Å². The van der Waals surface area contributed by atoms with Crippen LogP contribution in [-0.2, 0) is 4.74 Å². The molecule has 0 N–H and O–H groups in total. The molecule has 0 aromatic carbocycles. The molecule has 0 aliphatic carbocycles. The van der Waals surface area contributed by atoms with Crippen molar-refractivity contribution >= 4 is 6.09 Å². The Labute approximate surface area is 97.2 Å². The van der Waals surface area contributed by atoms with Crippen molar-refractivity contribution in [2.24, 2.45) is 11.8 Å². The van der Waals surface area contributed by atoms with Crippen molar-refractivity contribution in [2.75, 3.05) is 13.1 Å². The summed E-state index contributed by atoms with van der Waals surface area (Å²) in [6.45, 7) is 8.87. The van der Waals surface area contributed by atoms with E-state index in [2.05, 4.69) is 6.07 Å². The van der Waals surface area contributed by atoms with Crippen molar-refractivity contribution in [1.82, 2.24) is 4.90 Å². The van der Waals surface area contributed by atoms with E-state index in [9.17, 15) is 4.79 Å². The molecule has 1 aliphatic rings. The van der Waals surface area contributed by atoms with E-state index in [4.69, 9.17) is 10.00 Å². The monoisotopic (exact) mass is 224 g/mol. The number of hydrogen-bond acceptors (Lipinski definition) is 3. The molecule has 1 rings (SSSR count). The van der Waals surface area contributed by atoms with E-state index in [1.54, 1.807) is 4.90 Å². The standard InChI is InChI=1S/C12H20N2O2/c1-5-9(6-13)10-7-14(8-10)11(15)16-12(2,3)4/h9-10H,5,7-8H2,1-4H3. The predicted molar refractivity (Wildman–Crippen MR) is 60.7 cm³/mol. The molecular weight excluding hydrogens is 204 g/mol. The third kappa shape index (κ3) is 3.13. The lowest BCUT2D eigenvalue weighted by Gasteiger charge is -2.41. The second kappa shape index (κ2) is 4.73. The Kier molecular flexibility index (Phi) is 3.79. The number of likely N-dealkylation sites (tertiary alicyclic amines) is 1. The first kappa shape index (κ1) is 12.8. The van der Waals surface area contributed by atoms with Crippen LogP contribution in [0.4, 0.5) is 4.79 Å². The van der Waals surface area contributed by atoms with E-state index < -0.39 is 5.60 Å². The summed E-state index contributed by atoms with van der Waals surface area (Å²) >= 11 is 0. The summed E-state index contributed by atoms with van der Waals surface area (Å²) in [5.41, 5.74) is -0.443. The molecule has 1 atom stereocenters. The van der Waals surface area contributed by atoms with Crippen LogP contribution in [0.25, 0.3) is 0 Å². The SMILES string of the molecule is CCC(C#N)C1CN(C(=O)OC(C)(C)C)C1. The maximum atomic E-state index is 11.6. The van der Waals surface area contributed by atoms with Crippen LogP contribution in [0.3, 0.4) is 0 Å². The zero-order valence-electron chi connectivity index (χ0n) is 10.5. The van der Waals surface area contributed by atoms with Crippen molar-refractivity contribution in [2.45, 2.75) is 39.7 Å². The molecule has 1 fully saturated rings. The summed E-state index contributed by atoms with van der Waals surface area (Å²) in [4.78, 5) is 13.3. The van der Waals surface area contributed by atoms with Gasteiger partial charge in [0.25, 0.3) is 0 Å². The maximum Gasteiger partial charge on any atom is 0.410 e. The molecule has 0 radical (unpaired) electrons. The first-order valence-corrected chi connectivity index (χ1v) is 5.75. The highest BCUT2D eigenvalue weighted by atomic mass is 16.6. The Morgan fingerprint density at radius 1 is 1.56 bits per heavy atom. The van der Waals surface area contributed by atoms with Gasteiger partial charge >= 0.3 is 6.09 Å². The molecule has 16 heavy (non-hydrogen) atoms. The number of nitrogens with zero attached hydrogens (tertiary/aromatic N) is 2. The van der Waals surface area contributed by atoms with Crippen LogP contribution in [0.2, 0.25) is 0 Å². The van der Waals surface area contributed by atoms with Gasteiger partial charge in [-0.25, -0.2) is 4.79 Å². The minimum Gasteiger partial charge on any atom is -0.444 e. The Bertz CT molecular complexity index is 295. The average molecular weight is 224 g/mol. The van der Waals surface area contributed by atoms with Gasteiger partial charge in [-0.15, -0.1) is 0 Å². The van der Waals surface area contributed by atoms with E-state index in [0.717, 1.165) is 6.42 Å². The number of carbonyl (C=O) groups excluding carboxylic acids is 1. The lowest BCUT2D eigenvalue weighted by atomic mass is 9.85. The van der Waals surface area contributed by atoms with E-state index in [1.165, 1.54) is 0 Å². The molecule has 4 heteroatoms. The molecule has 1 saturated heterocycles. The summed E-state index contributed by atoms with van der Waals surface area (Å²) < 4.78 is 5.24. The van der Waals surface area contributed by atoms with Crippen LogP contribution in [0.5, 0.6) is 0 Å². The van der Waals surface area contributed by atoms with Gasteiger partial charge in [0.2, 0.25) is 0 Å². The topological polar surface area (TPSA) is 53.3 Å². The van der Waals surface area contributed by atoms with Gasteiger partial charge in [-0.1, -0.05) is 6.92 Å². The number of carbonyl (C=O) groups is 1. The maximum absolute atomic E-state index is 11.6. The smallest absolute Gasteiger partial charge is 0.410 e. The number of nitriles is 1. The second-order valence-electron chi connectivity index (χ2n) is 5.29. The van der Waals surface area contributed by atoms with Gasteiger partial charge in [0.1, 0.15) is 5.60 Å². The molecular formula is C12H20N2O2. The van der Waals surface area contributed by atoms with Crippen LogP contribution < -0.4 is 0 Å². The third-order valence-corrected chi connectivity index (χ3v) is 2.74. The summed E-state index contributed by atoms with van der Waals surface area (Å²) in [7, 11) is 0. The minimum atomic E-state index is -0.443. The first-order valence-electron chi connectivity index (χ1n) is 5.75. The number of ether oxygens (including phenoxy) is 1. The third-order valence-electron chi connectivity index (χ3n) is 2.74. The van der Waals surface area contributed by atoms with Crippen molar-refractivity contribution in [3.63, 3.8) is 0 Å². The Balaban J connectivity index is 2.36. The van der Waals surface area contributed by atoms with Gasteiger partial charge in [-0.3, -0.25) is 0 Å². The molecule has 90 valence electrons. The van der Waals surface area contributed by atoms with Gasteiger partial charge in [-0.05, 0) is 27.2 Å². The van der Waals surface area contributed by atoms with Crippen LogP contribution in [0.15, 0.2) is 0 Å². The fourth-order valence-corrected chi connectivity index (χ4v) is 1.77. The molecule has 1 aliphatic heterocycles. The van der Waals surface area contributed by atoms with Gasteiger partial charge in [0.05, 0.1) is 12.0 Å². The van der Waals surface area contributed by atoms with Crippen LogP contribution in [0, 0.1) is 23.2 Å². The largest absolute Gasteiger partial charge is 0.444 e. The van der Waals surface area contributed by atoms with E-state index in [-0.39, 0.29) is 12.0 Å². The Morgan fingerprint density at radius 3 is 2.50 bits per heavy atom. The fraction of sp³-hybridized carbons (Fsp3) is 0.833. The van der Waals surface area contributed by atoms with Gasteiger partial charge in [0, 0.05) is 19.0 Å². The minimum absolute atomic E-state index is 0.0682. The molecule has 4 nitrogen and oxygen atoms in total. The summed E-state index contributed by atoms with van der Waals surface area (Å²) in [6, 6.07) is 2.28. The molecule has 1 amide bonds. The highest BCUT2D eigenvalue weighted by Gasteiger charge is 2.37. The molecule has 1 unspecified atom stereocenters. The Morgan fingerprint density at radius 2 is 2.12 bits per heavy atom. The molecule has 1 heterocycles. The van der Waals surface area contributed by atoms with Crippen LogP contribution >= 0.6 is 0 Å². The van der Waals surface area contributed by atoms with Gasteiger partial charge in [0.15, 0.2) is 0 Å². The number of rotatable bonds is 2. The molecule has 0 aromatic heterocycles. The quantitative estimate of drug-likeness (QED) is 0.723. The summed E-state index contributed by atoms with van der Waals surface area (Å²) in [5, 5.41) is 8.89. The van der Waals surface area contributed by atoms with E-state index in [0.29, 0.717) is 19.0 Å². The van der Waals surface area contributed by atoms with Gasteiger partial charge < -0.3 is 9.64 Å². The zero-order chi connectivity index (χ0) is 12.3. The molecule has 0 aromatic rings. The van der Waals surface area contributed by atoms with Crippen LogP contribution in [-0.4, -0.2) is 29.7 Å². The molecule has 0 spiro atoms. The molecule has 0 bridgehead atoms. The lowest BCUT2D eigenvalue weighted by molar-refractivity contribution is -0.00696. The van der Waals surface area contributed by atoms with Crippen molar-refractivity contribution in [1.29, 1.82) is 5.26 Å². The van der Waals surface area contributed by atoms with Crippen molar-refractivity contribution in [3.8, 4) is 6.07 Å². The first-order chi connectivity index (χ1) is 7.37. The summed E-state index contributed by atoms with van der Waals surface area (Å²) in [6.07, 6.45) is 0.583. The predicted octanol–water partition coefficient (Wildman–Crippen LogP) is 2.40. The number of hydrogen-bond donors (Lipinski definition) is 0. The Hall–Kier alpha value is -1.24. The highest BCUT2D eigenvalue weighted by Crippen LogP contribution is 2.27. The van der Waals surface area contributed by atoms with Crippen LogP contribution in [0.1, 0.15) is 34.1 Å². The molecule has 0 saturated carbocycles. The average Bonchev–Trinajstić information content (AvgIpc) is 2.06. The summed E-state index contributed by atoms with van der Waals surface area (Å²) in [5.74, 6) is 0.390. The normalized spacial score (nSPS) is 18.6. The number of amides is 1.